The third-order valence-corrected chi connectivity index (χ3v) is 3.06. The van der Waals surface area contributed by atoms with Crippen LogP contribution in [-0.2, 0) is 6.54 Å². The fraction of sp³-hybridized carbons (Fsp3) is 0.0769. The molecule has 0 spiro atoms. The predicted molar refractivity (Wildman–Crippen MR) is 72.2 cm³/mol. The summed E-state index contributed by atoms with van der Waals surface area (Å²) >= 11 is 3.22. The van der Waals surface area contributed by atoms with Crippen LogP contribution in [0.5, 0.6) is 0 Å². The second-order valence-electron chi connectivity index (χ2n) is 3.94. The molecule has 0 aliphatic heterocycles. The molecule has 0 saturated heterocycles. The minimum absolute atomic E-state index is 0.0678. The third-order valence-electron chi connectivity index (χ3n) is 2.57. The van der Waals surface area contributed by atoms with Gasteiger partial charge < -0.3 is 11.1 Å². The van der Waals surface area contributed by atoms with Crippen molar-refractivity contribution >= 4 is 27.3 Å². The van der Waals surface area contributed by atoms with Crippen LogP contribution < -0.4 is 11.1 Å². The van der Waals surface area contributed by atoms with Gasteiger partial charge in [0, 0.05) is 22.6 Å². The molecule has 19 heavy (non-hydrogen) atoms. The largest absolute Gasteiger partial charge is 0.395 e. The highest BCUT2D eigenvalue weighted by molar-refractivity contribution is 9.10. The summed E-state index contributed by atoms with van der Waals surface area (Å²) in [5.41, 5.74) is 5.73. The Bertz CT molecular complexity index is 617. The van der Waals surface area contributed by atoms with Gasteiger partial charge in [0.1, 0.15) is 11.6 Å². The van der Waals surface area contributed by atoms with E-state index in [2.05, 4.69) is 21.2 Å². The number of benzene rings is 2. The quantitative estimate of drug-likeness (QED) is 0.833. The van der Waals surface area contributed by atoms with E-state index in [0.717, 1.165) is 6.07 Å². The zero-order valence-electron chi connectivity index (χ0n) is 9.68. The first kappa shape index (κ1) is 13.7. The Hall–Kier alpha value is -1.69. The van der Waals surface area contributed by atoms with Crippen molar-refractivity contribution in [3.8, 4) is 0 Å². The molecular weight excluding hydrogens is 321 g/mol. The highest BCUT2D eigenvalue weighted by Crippen LogP contribution is 2.24. The summed E-state index contributed by atoms with van der Waals surface area (Å²) in [5.74, 6) is -2.01. The van der Waals surface area contributed by atoms with Crippen LogP contribution in [0, 0.1) is 17.5 Å². The zero-order chi connectivity index (χ0) is 14.0. The van der Waals surface area contributed by atoms with Crippen LogP contribution in [-0.4, -0.2) is 0 Å². The van der Waals surface area contributed by atoms with Crippen LogP contribution in [0.15, 0.2) is 34.8 Å². The van der Waals surface area contributed by atoms with Crippen LogP contribution in [0.4, 0.5) is 24.5 Å². The van der Waals surface area contributed by atoms with Gasteiger partial charge in [-0.2, -0.15) is 0 Å². The maximum Gasteiger partial charge on any atom is 0.151 e. The summed E-state index contributed by atoms with van der Waals surface area (Å²) in [6, 6.07) is 6.20. The van der Waals surface area contributed by atoms with Crippen molar-refractivity contribution < 1.29 is 13.2 Å². The average Bonchev–Trinajstić information content (AvgIpc) is 2.35. The lowest BCUT2D eigenvalue weighted by atomic mass is 10.2. The van der Waals surface area contributed by atoms with Crippen LogP contribution in [0.3, 0.4) is 0 Å². The van der Waals surface area contributed by atoms with Gasteiger partial charge in [0.15, 0.2) is 5.82 Å². The molecule has 0 aliphatic carbocycles. The molecule has 100 valence electrons. The molecule has 0 unspecified atom stereocenters. The van der Waals surface area contributed by atoms with Crippen molar-refractivity contribution in [3.63, 3.8) is 0 Å². The van der Waals surface area contributed by atoms with Crippen LogP contribution in [0.2, 0.25) is 0 Å². The van der Waals surface area contributed by atoms with E-state index in [4.69, 9.17) is 5.73 Å². The van der Waals surface area contributed by atoms with Crippen molar-refractivity contribution in [1.29, 1.82) is 0 Å². The Kier molecular flexibility index (Phi) is 3.99. The molecule has 0 atom stereocenters. The van der Waals surface area contributed by atoms with Gasteiger partial charge in [-0.05, 0) is 24.3 Å². The van der Waals surface area contributed by atoms with E-state index in [1.54, 1.807) is 12.1 Å². The summed E-state index contributed by atoms with van der Waals surface area (Å²) in [6.07, 6.45) is 0. The van der Waals surface area contributed by atoms with Crippen molar-refractivity contribution in [2.75, 3.05) is 11.1 Å². The number of hydrogen-bond donors (Lipinski definition) is 2. The number of hydrogen-bond acceptors (Lipinski definition) is 2. The summed E-state index contributed by atoms with van der Waals surface area (Å²) in [6.45, 7) is 0.0678. The van der Waals surface area contributed by atoms with Crippen molar-refractivity contribution in [2.24, 2.45) is 0 Å². The van der Waals surface area contributed by atoms with Crippen LogP contribution in [0.1, 0.15) is 5.56 Å². The summed E-state index contributed by atoms with van der Waals surface area (Å²) in [4.78, 5) is 0. The Labute approximate surface area is 116 Å². The maximum atomic E-state index is 13.5. The van der Waals surface area contributed by atoms with E-state index in [9.17, 15) is 13.2 Å². The highest BCUT2D eigenvalue weighted by Gasteiger charge is 2.09. The molecule has 0 aromatic heterocycles. The van der Waals surface area contributed by atoms with E-state index in [0.29, 0.717) is 16.1 Å². The summed E-state index contributed by atoms with van der Waals surface area (Å²) in [5, 5.41) is 2.71. The Morgan fingerprint density at radius 2 is 1.79 bits per heavy atom. The molecule has 0 saturated carbocycles. The number of halogens is 4. The minimum atomic E-state index is -0.850. The normalized spacial score (nSPS) is 10.5. The van der Waals surface area contributed by atoms with Gasteiger partial charge in [-0.1, -0.05) is 15.9 Å². The molecule has 0 aliphatic rings. The first-order chi connectivity index (χ1) is 8.97. The van der Waals surface area contributed by atoms with Gasteiger partial charge in [-0.3, -0.25) is 0 Å². The van der Waals surface area contributed by atoms with E-state index in [1.807, 2.05) is 0 Å². The van der Waals surface area contributed by atoms with Crippen molar-refractivity contribution in [2.45, 2.75) is 6.54 Å². The number of nitrogens with one attached hydrogen (secondary N) is 1. The number of rotatable bonds is 3. The lowest BCUT2D eigenvalue weighted by Gasteiger charge is -2.11. The van der Waals surface area contributed by atoms with Crippen molar-refractivity contribution in [3.05, 3.63) is 57.8 Å². The van der Waals surface area contributed by atoms with E-state index < -0.39 is 17.5 Å². The Morgan fingerprint density at radius 1 is 1.05 bits per heavy atom. The molecule has 0 radical (unpaired) electrons. The van der Waals surface area contributed by atoms with Gasteiger partial charge in [0.05, 0.1) is 11.4 Å². The van der Waals surface area contributed by atoms with Crippen LogP contribution in [0.25, 0.3) is 0 Å². The lowest BCUT2D eigenvalue weighted by molar-refractivity contribution is 0.586. The molecule has 3 N–H and O–H groups in total. The second-order valence-corrected chi connectivity index (χ2v) is 4.85. The smallest absolute Gasteiger partial charge is 0.151 e. The molecule has 2 aromatic rings. The Balaban J connectivity index is 2.21. The van der Waals surface area contributed by atoms with E-state index >= 15 is 0 Å². The van der Waals surface area contributed by atoms with Gasteiger partial charge in [0.25, 0.3) is 0 Å². The molecule has 0 bridgehead atoms. The van der Waals surface area contributed by atoms with Gasteiger partial charge >= 0.3 is 0 Å². The number of anilines is 2. The SMILES string of the molecule is Nc1c(F)cc(F)cc1NCc1cc(Br)ccc1F. The molecular formula is C13H10BrF3N2. The van der Waals surface area contributed by atoms with Gasteiger partial charge in [0.2, 0.25) is 0 Å². The zero-order valence-corrected chi connectivity index (χ0v) is 11.3. The topological polar surface area (TPSA) is 38.0 Å². The Morgan fingerprint density at radius 3 is 2.53 bits per heavy atom. The molecule has 2 aromatic carbocycles. The molecule has 2 rings (SSSR count). The first-order valence-electron chi connectivity index (χ1n) is 5.39. The first-order valence-corrected chi connectivity index (χ1v) is 6.19. The summed E-state index contributed by atoms with van der Waals surface area (Å²) < 4.78 is 40.5. The van der Waals surface area contributed by atoms with Crippen LogP contribution >= 0.6 is 15.9 Å². The van der Waals surface area contributed by atoms with Gasteiger partial charge in [-0.15, -0.1) is 0 Å². The van der Waals surface area contributed by atoms with E-state index in [-0.39, 0.29) is 17.9 Å². The number of nitrogens with two attached hydrogens (primary N) is 1. The average molecular weight is 331 g/mol. The number of nitrogen functional groups attached to an aromatic ring is 1. The maximum absolute atomic E-state index is 13.5. The molecule has 2 nitrogen and oxygen atoms in total. The van der Waals surface area contributed by atoms with Crippen molar-refractivity contribution in [1.82, 2.24) is 0 Å². The monoisotopic (exact) mass is 330 g/mol. The van der Waals surface area contributed by atoms with E-state index in [1.165, 1.54) is 6.07 Å². The molecule has 0 fully saturated rings. The molecule has 6 heteroatoms. The lowest BCUT2D eigenvalue weighted by Crippen LogP contribution is -2.06. The third kappa shape index (κ3) is 3.20. The molecule has 0 heterocycles. The van der Waals surface area contributed by atoms with Gasteiger partial charge in [-0.25, -0.2) is 13.2 Å². The second kappa shape index (κ2) is 5.52. The fourth-order valence-corrected chi connectivity index (χ4v) is 2.01. The standard InChI is InChI=1S/C13H10BrF3N2/c14-8-1-2-10(16)7(3-8)6-19-12-5-9(15)4-11(17)13(12)18/h1-5,19H,6,18H2. The molecule has 0 amide bonds. The predicted octanol–water partition coefficient (Wildman–Crippen LogP) is 4.06. The minimum Gasteiger partial charge on any atom is -0.395 e. The summed E-state index contributed by atoms with van der Waals surface area (Å²) in [7, 11) is 0. The fourth-order valence-electron chi connectivity index (χ4n) is 1.60. The highest BCUT2D eigenvalue weighted by atomic mass is 79.9.